The molecule has 2 aromatic rings. The second-order valence-electron chi connectivity index (χ2n) is 10.1. The van der Waals surface area contributed by atoms with Gasteiger partial charge in [0, 0.05) is 24.1 Å². The van der Waals surface area contributed by atoms with Gasteiger partial charge in [-0.3, -0.25) is 15.0 Å². The number of terminal acetylenes is 1. The second-order valence-corrected chi connectivity index (χ2v) is 10.1. The van der Waals surface area contributed by atoms with E-state index in [1.54, 1.807) is 0 Å². The van der Waals surface area contributed by atoms with Gasteiger partial charge in [-0.1, -0.05) is 12.1 Å². The number of nitrogens with zero attached hydrogens (tertiary/aromatic N) is 3. The van der Waals surface area contributed by atoms with Crippen molar-refractivity contribution >= 4 is 23.2 Å². The molecule has 0 atom stereocenters. The van der Waals surface area contributed by atoms with Crippen molar-refractivity contribution in [3.63, 3.8) is 0 Å². The third-order valence-corrected chi connectivity index (χ3v) is 7.30. The normalized spacial score (nSPS) is 18.6. The van der Waals surface area contributed by atoms with Gasteiger partial charge in [0.15, 0.2) is 17.8 Å². The van der Waals surface area contributed by atoms with Crippen molar-refractivity contribution in [2.75, 3.05) is 37.6 Å². The molecular weight excluding hydrogens is 481 g/mol. The Morgan fingerprint density at radius 1 is 1.13 bits per heavy atom. The number of guanidine groups is 1. The summed E-state index contributed by atoms with van der Waals surface area (Å²) in [6.45, 7) is 6.72. The zero-order chi connectivity index (χ0) is 27.7. The first-order valence-electron chi connectivity index (χ1n) is 12.9. The van der Waals surface area contributed by atoms with Gasteiger partial charge in [0.1, 0.15) is 12.4 Å². The number of quaternary nitrogens is 1. The minimum absolute atomic E-state index is 0.121. The van der Waals surface area contributed by atoms with Gasteiger partial charge >= 0.3 is 0 Å². The van der Waals surface area contributed by atoms with Gasteiger partial charge in [0.05, 0.1) is 25.3 Å². The fourth-order valence-electron chi connectivity index (χ4n) is 5.07. The quantitative estimate of drug-likeness (QED) is 0.0707. The lowest BCUT2D eigenvalue weighted by atomic mass is 9.88. The van der Waals surface area contributed by atoms with Crippen LogP contribution in [0.1, 0.15) is 59.4 Å². The van der Waals surface area contributed by atoms with Crippen molar-refractivity contribution in [1.82, 2.24) is 5.32 Å². The number of carbonyl (C=O) groups excluding carboxylic acids is 2. The molecule has 0 unspecified atom stereocenters. The molecular formula is C30H35FN5O2+. The topological polar surface area (TPSA) is 97.1 Å². The molecule has 0 aromatic heterocycles. The van der Waals surface area contributed by atoms with E-state index in [1.165, 1.54) is 44.2 Å². The van der Waals surface area contributed by atoms with Crippen molar-refractivity contribution in [2.45, 2.75) is 39.5 Å². The summed E-state index contributed by atoms with van der Waals surface area (Å²) in [6, 6.07) is 11.3. The molecule has 0 bridgehead atoms. The lowest BCUT2D eigenvalue weighted by molar-refractivity contribution is -0.927. The fourth-order valence-corrected chi connectivity index (χ4v) is 5.07. The number of anilines is 1. The molecule has 1 fully saturated rings. The SMILES string of the molecule is C#CC[N+]1(CCCNC(=N)N(C#N)c2cc(C(C)=O)cc(C(C)=O)c2)CCC(Cc2ccc(F)cc2)CC1. The molecule has 0 spiro atoms. The summed E-state index contributed by atoms with van der Waals surface area (Å²) in [6.07, 6.45) is 11.5. The van der Waals surface area contributed by atoms with Crippen LogP contribution in [0, 0.1) is 40.9 Å². The number of likely N-dealkylation sites (tertiary alicyclic amines) is 1. The summed E-state index contributed by atoms with van der Waals surface area (Å²) in [5.74, 6) is 2.60. The number of hydrogen-bond acceptors (Lipinski definition) is 4. The van der Waals surface area contributed by atoms with Gasteiger partial charge in [0.25, 0.3) is 0 Å². The molecule has 2 aromatic carbocycles. The Labute approximate surface area is 224 Å². The van der Waals surface area contributed by atoms with E-state index in [0.717, 1.165) is 60.3 Å². The maximum Gasteiger partial charge on any atom is 0.209 e. The minimum Gasteiger partial charge on any atom is -0.355 e. The van der Waals surface area contributed by atoms with E-state index in [-0.39, 0.29) is 23.3 Å². The predicted molar refractivity (Wildman–Crippen MR) is 146 cm³/mol. The van der Waals surface area contributed by atoms with E-state index < -0.39 is 0 Å². The van der Waals surface area contributed by atoms with E-state index in [4.69, 9.17) is 11.8 Å². The minimum atomic E-state index is -0.226. The Hall–Kier alpha value is -4.01. The molecule has 1 aliphatic heterocycles. The molecule has 8 heteroatoms. The summed E-state index contributed by atoms with van der Waals surface area (Å²) >= 11 is 0. The molecule has 198 valence electrons. The van der Waals surface area contributed by atoms with Crippen molar-refractivity contribution in [3.05, 3.63) is 65.0 Å². The maximum atomic E-state index is 13.2. The van der Waals surface area contributed by atoms with Crippen molar-refractivity contribution in [3.8, 4) is 18.5 Å². The van der Waals surface area contributed by atoms with Gasteiger partial charge in [-0.2, -0.15) is 5.26 Å². The van der Waals surface area contributed by atoms with E-state index in [0.29, 0.717) is 35.8 Å². The first-order chi connectivity index (χ1) is 18.2. The summed E-state index contributed by atoms with van der Waals surface area (Å²) in [5.41, 5.74) is 2.07. The number of hydrogen-bond donors (Lipinski definition) is 2. The third kappa shape index (κ3) is 7.50. The highest BCUT2D eigenvalue weighted by Gasteiger charge is 2.33. The van der Waals surface area contributed by atoms with Crippen LogP contribution in [-0.4, -0.2) is 54.7 Å². The summed E-state index contributed by atoms with van der Waals surface area (Å²) in [7, 11) is 0. The number of nitrogens with one attached hydrogen (secondary N) is 2. The van der Waals surface area contributed by atoms with Crippen LogP contribution in [0.3, 0.4) is 0 Å². The molecule has 0 aliphatic carbocycles. The Balaban J connectivity index is 1.55. The van der Waals surface area contributed by atoms with E-state index >= 15 is 0 Å². The lowest BCUT2D eigenvalue weighted by Crippen LogP contribution is -2.54. The summed E-state index contributed by atoms with van der Waals surface area (Å²) in [4.78, 5) is 24.9. The average molecular weight is 517 g/mol. The van der Waals surface area contributed by atoms with Gasteiger partial charge in [0.2, 0.25) is 5.96 Å². The third-order valence-electron chi connectivity index (χ3n) is 7.30. The van der Waals surface area contributed by atoms with Crippen molar-refractivity contribution in [1.29, 1.82) is 10.7 Å². The number of rotatable bonds is 10. The molecule has 38 heavy (non-hydrogen) atoms. The highest BCUT2D eigenvalue weighted by Crippen LogP contribution is 2.27. The number of ketones is 2. The first kappa shape index (κ1) is 28.6. The maximum absolute atomic E-state index is 13.2. The summed E-state index contributed by atoms with van der Waals surface area (Å²) < 4.78 is 14.0. The van der Waals surface area contributed by atoms with Gasteiger partial charge in [-0.15, -0.1) is 6.42 Å². The van der Waals surface area contributed by atoms with Crippen LogP contribution in [0.15, 0.2) is 42.5 Å². The van der Waals surface area contributed by atoms with Gasteiger partial charge in [-0.25, -0.2) is 9.29 Å². The van der Waals surface area contributed by atoms with E-state index in [9.17, 15) is 19.2 Å². The standard InChI is InChI=1S/C30H35FN5O2/c1-4-13-36(15-10-25(11-16-36)17-24-6-8-28(31)9-7-24)14-5-12-34-30(33)35(21-32)29-19-26(22(2)37)18-27(20-29)23(3)38/h1,6-9,18-20,25H,5,10-17H2,2-3H3,(H2,33,34)/q+1. The molecule has 1 heterocycles. The van der Waals surface area contributed by atoms with Gasteiger partial charge in [-0.05, 0) is 80.8 Å². The monoisotopic (exact) mass is 516 g/mol. The largest absolute Gasteiger partial charge is 0.355 e. The first-order valence-corrected chi connectivity index (χ1v) is 12.9. The lowest BCUT2D eigenvalue weighted by Gasteiger charge is -2.43. The smallest absolute Gasteiger partial charge is 0.209 e. The average Bonchev–Trinajstić information content (AvgIpc) is 2.90. The van der Waals surface area contributed by atoms with Crippen molar-refractivity contribution < 1.29 is 18.5 Å². The Morgan fingerprint density at radius 2 is 1.74 bits per heavy atom. The van der Waals surface area contributed by atoms with Crippen LogP contribution in [0.5, 0.6) is 0 Å². The predicted octanol–water partition coefficient (Wildman–Crippen LogP) is 4.54. The van der Waals surface area contributed by atoms with Crippen LogP contribution >= 0.6 is 0 Å². The zero-order valence-electron chi connectivity index (χ0n) is 22.1. The van der Waals surface area contributed by atoms with Crippen LogP contribution in [0.2, 0.25) is 0 Å². The summed E-state index contributed by atoms with van der Waals surface area (Å²) in [5, 5.41) is 21.1. The van der Waals surface area contributed by atoms with Crippen LogP contribution < -0.4 is 10.2 Å². The molecule has 0 saturated carbocycles. The van der Waals surface area contributed by atoms with Crippen molar-refractivity contribution in [2.24, 2.45) is 5.92 Å². The number of halogens is 1. The molecule has 1 saturated heterocycles. The number of nitriles is 1. The highest BCUT2D eigenvalue weighted by atomic mass is 19.1. The van der Waals surface area contributed by atoms with Crippen LogP contribution in [0.25, 0.3) is 0 Å². The molecule has 2 N–H and O–H groups in total. The highest BCUT2D eigenvalue weighted by molar-refractivity contribution is 6.04. The van der Waals surface area contributed by atoms with Crippen LogP contribution in [-0.2, 0) is 6.42 Å². The van der Waals surface area contributed by atoms with Crippen LogP contribution in [0.4, 0.5) is 10.1 Å². The fraction of sp³-hybridized carbons (Fsp3) is 0.400. The number of piperidine rings is 1. The van der Waals surface area contributed by atoms with E-state index in [2.05, 4.69) is 11.2 Å². The molecule has 7 nitrogen and oxygen atoms in total. The Morgan fingerprint density at radius 3 is 2.26 bits per heavy atom. The van der Waals surface area contributed by atoms with E-state index in [1.807, 2.05) is 18.3 Å². The molecule has 0 amide bonds. The number of Topliss-reactive ketones (excluding diaryl/α,β-unsaturated/α-hetero) is 2. The molecule has 1 aliphatic rings. The van der Waals surface area contributed by atoms with Gasteiger partial charge < -0.3 is 9.80 Å². The number of carbonyl (C=O) groups is 2. The Kier molecular flexibility index (Phi) is 9.76. The molecule has 3 rings (SSSR count). The number of benzene rings is 2. The molecule has 0 radical (unpaired) electrons. The second kappa shape index (κ2) is 13.0. The zero-order valence-corrected chi connectivity index (χ0v) is 22.1. The Bertz CT molecular complexity index is 1220.